The van der Waals surface area contributed by atoms with Crippen LogP contribution in [-0.2, 0) is 5.75 Å². The predicted molar refractivity (Wildman–Crippen MR) is 53.9 cm³/mol. The predicted octanol–water partition coefficient (Wildman–Crippen LogP) is 1.89. The summed E-state index contributed by atoms with van der Waals surface area (Å²) in [6.45, 7) is 2.50. The quantitative estimate of drug-likeness (QED) is 0.805. The Labute approximate surface area is 81.9 Å². The molecule has 0 radical (unpaired) electrons. The normalized spacial score (nSPS) is 10.0. The van der Waals surface area contributed by atoms with Crippen LogP contribution in [0, 0.1) is 0 Å². The van der Waals surface area contributed by atoms with E-state index in [0.29, 0.717) is 12.3 Å². The lowest BCUT2D eigenvalue weighted by molar-refractivity contribution is 0.0927. The Morgan fingerprint density at radius 3 is 3.00 bits per heavy atom. The van der Waals surface area contributed by atoms with Crippen molar-refractivity contribution in [3.05, 3.63) is 23.7 Å². The molecule has 0 saturated heterocycles. The van der Waals surface area contributed by atoms with Crippen LogP contribution in [0.2, 0.25) is 0 Å². The van der Waals surface area contributed by atoms with Gasteiger partial charge in [-0.15, -0.1) is 0 Å². The molecule has 1 aromatic rings. The maximum absolute atomic E-state index is 11.3. The number of hydrogen-bond acceptors (Lipinski definition) is 3. The minimum absolute atomic E-state index is 0.144. The van der Waals surface area contributed by atoms with Crippen LogP contribution in [0.4, 0.5) is 0 Å². The maximum Gasteiger partial charge on any atom is 0.286 e. The summed E-state index contributed by atoms with van der Waals surface area (Å²) in [5.74, 6) is 1.90. The van der Waals surface area contributed by atoms with E-state index in [0.717, 1.165) is 11.5 Å². The first-order valence-corrected chi connectivity index (χ1v) is 5.53. The largest absolute Gasteiger partial charge is 0.455 e. The molecule has 72 valence electrons. The summed E-state index contributed by atoms with van der Waals surface area (Å²) in [6, 6.07) is 3.54. The van der Waals surface area contributed by atoms with Gasteiger partial charge < -0.3 is 9.73 Å². The van der Waals surface area contributed by atoms with Gasteiger partial charge in [0.15, 0.2) is 5.76 Å². The summed E-state index contributed by atoms with van der Waals surface area (Å²) >= 11 is 1.67. The molecule has 0 bridgehead atoms. The molecule has 0 aliphatic carbocycles. The second-order valence-electron chi connectivity index (χ2n) is 2.56. The minimum atomic E-state index is -0.144. The van der Waals surface area contributed by atoms with E-state index >= 15 is 0 Å². The highest BCUT2D eigenvalue weighted by atomic mass is 32.2. The van der Waals surface area contributed by atoms with E-state index in [-0.39, 0.29) is 5.91 Å². The molecule has 3 nitrogen and oxygen atoms in total. The first-order chi connectivity index (χ1) is 6.27. The molecule has 0 aliphatic heterocycles. The van der Waals surface area contributed by atoms with Gasteiger partial charge in [-0.3, -0.25) is 4.79 Å². The first kappa shape index (κ1) is 10.2. The number of carbonyl (C=O) groups excluding carboxylic acids is 1. The van der Waals surface area contributed by atoms with Crippen molar-refractivity contribution < 1.29 is 9.21 Å². The fraction of sp³-hybridized carbons (Fsp3) is 0.444. The van der Waals surface area contributed by atoms with Gasteiger partial charge in [0.25, 0.3) is 5.91 Å². The van der Waals surface area contributed by atoms with Gasteiger partial charge in [0.05, 0.1) is 5.75 Å². The average Bonchev–Trinajstić information content (AvgIpc) is 2.54. The zero-order chi connectivity index (χ0) is 9.68. The molecule has 1 N–H and O–H groups in total. The molecule has 1 rings (SSSR count). The van der Waals surface area contributed by atoms with E-state index in [1.54, 1.807) is 17.8 Å². The highest BCUT2D eigenvalue weighted by Crippen LogP contribution is 2.13. The fourth-order valence-electron chi connectivity index (χ4n) is 0.967. The molecule has 13 heavy (non-hydrogen) atoms. The van der Waals surface area contributed by atoms with Crippen molar-refractivity contribution in [1.82, 2.24) is 5.32 Å². The van der Waals surface area contributed by atoms with Crippen LogP contribution in [0.3, 0.4) is 0 Å². The fourth-order valence-corrected chi connectivity index (χ4v) is 1.41. The third kappa shape index (κ3) is 2.81. The lowest BCUT2D eigenvalue weighted by atomic mass is 10.4. The molecule has 0 spiro atoms. The van der Waals surface area contributed by atoms with Crippen LogP contribution in [0.1, 0.15) is 23.2 Å². The lowest BCUT2D eigenvalue weighted by Gasteiger charge is -1.96. The van der Waals surface area contributed by atoms with Crippen LogP contribution in [-0.4, -0.2) is 18.7 Å². The highest BCUT2D eigenvalue weighted by Gasteiger charge is 2.08. The zero-order valence-corrected chi connectivity index (χ0v) is 8.61. The minimum Gasteiger partial charge on any atom is -0.455 e. The topological polar surface area (TPSA) is 42.2 Å². The Hall–Kier alpha value is -0.900. The van der Waals surface area contributed by atoms with E-state index in [4.69, 9.17) is 4.42 Å². The van der Waals surface area contributed by atoms with E-state index in [2.05, 4.69) is 5.32 Å². The van der Waals surface area contributed by atoms with E-state index in [1.165, 1.54) is 0 Å². The number of thioether (sulfide) groups is 1. The molecule has 0 aromatic carbocycles. The molecule has 4 heteroatoms. The lowest BCUT2D eigenvalue weighted by Crippen LogP contribution is -2.21. The van der Waals surface area contributed by atoms with Crippen LogP contribution < -0.4 is 5.32 Å². The van der Waals surface area contributed by atoms with Crippen LogP contribution >= 0.6 is 11.8 Å². The Morgan fingerprint density at radius 2 is 2.38 bits per heavy atom. The summed E-state index contributed by atoms with van der Waals surface area (Å²) < 4.78 is 5.31. The number of nitrogens with one attached hydrogen (secondary N) is 1. The molecule has 1 heterocycles. The Balaban J connectivity index is 2.62. The average molecular weight is 199 g/mol. The van der Waals surface area contributed by atoms with E-state index in [1.807, 2.05) is 19.2 Å². The van der Waals surface area contributed by atoms with E-state index in [9.17, 15) is 4.79 Å². The molecule has 1 aromatic heterocycles. The summed E-state index contributed by atoms with van der Waals surface area (Å²) in [6.07, 6.45) is 1.99. The second-order valence-corrected chi connectivity index (χ2v) is 3.42. The summed E-state index contributed by atoms with van der Waals surface area (Å²) in [7, 11) is 0. The molecule has 0 atom stereocenters. The SMILES string of the molecule is CCNC(=O)c1ccc(CSC)o1. The second kappa shape index (κ2) is 4.97. The monoisotopic (exact) mass is 199 g/mol. The zero-order valence-electron chi connectivity index (χ0n) is 7.79. The summed E-state index contributed by atoms with van der Waals surface area (Å²) in [4.78, 5) is 11.3. The third-order valence-corrected chi connectivity index (χ3v) is 2.08. The van der Waals surface area contributed by atoms with Crippen molar-refractivity contribution in [3.8, 4) is 0 Å². The van der Waals surface area contributed by atoms with E-state index < -0.39 is 0 Å². The van der Waals surface area contributed by atoms with Crippen LogP contribution in [0.5, 0.6) is 0 Å². The first-order valence-electron chi connectivity index (χ1n) is 4.13. The van der Waals surface area contributed by atoms with Gasteiger partial charge in [-0.2, -0.15) is 11.8 Å². The molecule has 0 fully saturated rings. The van der Waals surface area contributed by atoms with Crippen molar-refractivity contribution in [2.24, 2.45) is 0 Å². The Kier molecular flexibility index (Phi) is 3.89. The van der Waals surface area contributed by atoms with Gasteiger partial charge in [0.1, 0.15) is 5.76 Å². The van der Waals surface area contributed by atoms with Crippen LogP contribution in [0.15, 0.2) is 16.5 Å². The number of furan rings is 1. The van der Waals surface area contributed by atoms with Crippen molar-refractivity contribution in [2.75, 3.05) is 12.8 Å². The van der Waals surface area contributed by atoms with Gasteiger partial charge in [-0.05, 0) is 25.3 Å². The van der Waals surface area contributed by atoms with Crippen molar-refractivity contribution in [2.45, 2.75) is 12.7 Å². The summed E-state index contributed by atoms with van der Waals surface area (Å²) in [5.41, 5.74) is 0. The molecule has 1 amide bonds. The smallest absolute Gasteiger partial charge is 0.286 e. The number of rotatable bonds is 4. The van der Waals surface area contributed by atoms with Crippen molar-refractivity contribution >= 4 is 17.7 Å². The van der Waals surface area contributed by atoms with Gasteiger partial charge in [0, 0.05) is 6.54 Å². The molecule has 0 aliphatic rings. The van der Waals surface area contributed by atoms with Gasteiger partial charge in [0.2, 0.25) is 0 Å². The third-order valence-electron chi connectivity index (χ3n) is 1.51. The molecule has 0 unspecified atom stereocenters. The van der Waals surface area contributed by atoms with Gasteiger partial charge >= 0.3 is 0 Å². The highest BCUT2D eigenvalue weighted by molar-refractivity contribution is 7.97. The Bertz CT molecular complexity index is 283. The standard InChI is InChI=1S/C9H13NO2S/c1-3-10-9(11)8-5-4-7(12-8)6-13-2/h4-5H,3,6H2,1-2H3,(H,10,11). The van der Waals surface area contributed by atoms with Gasteiger partial charge in [-0.1, -0.05) is 0 Å². The summed E-state index contributed by atoms with van der Waals surface area (Å²) in [5, 5.41) is 2.68. The van der Waals surface area contributed by atoms with Gasteiger partial charge in [-0.25, -0.2) is 0 Å². The molecular weight excluding hydrogens is 186 g/mol. The number of hydrogen-bond donors (Lipinski definition) is 1. The van der Waals surface area contributed by atoms with Crippen molar-refractivity contribution in [1.29, 1.82) is 0 Å². The maximum atomic E-state index is 11.3. The number of amides is 1. The Morgan fingerprint density at radius 1 is 1.62 bits per heavy atom. The molecule has 0 saturated carbocycles. The van der Waals surface area contributed by atoms with Crippen molar-refractivity contribution in [3.63, 3.8) is 0 Å². The number of carbonyl (C=O) groups is 1. The van der Waals surface area contributed by atoms with Crippen LogP contribution in [0.25, 0.3) is 0 Å². The molecular formula is C9H13NO2S.